The van der Waals surface area contributed by atoms with Crippen LogP contribution in [0.4, 0.5) is 5.69 Å². The molecular weight excluding hydrogens is 331 g/mol. The van der Waals surface area contributed by atoms with Gasteiger partial charge in [-0.25, -0.2) is 0 Å². The van der Waals surface area contributed by atoms with Crippen LogP contribution in [0.25, 0.3) is 0 Å². The van der Waals surface area contributed by atoms with E-state index in [1.807, 2.05) is 68.3 Å². The second-order valence-corrected chi connectivity index (χ2v) is 6.46. The maximum atomic E-state index is 12.4. The Balaban J connectivity index is 2.01. The highest BCUT2D eigenvalue weighted by molar-refractivity contribution is 6.31. The molecule has 1 amide bonds. The van der Waals surface area contributed by atoms with E-state index in [2.05, 4.69) is 5.32 Å². The fraction of sp³-hybridized carbons (Fsp3) is 0.278. The number of nitrogens with zero attached hydrogens (tertiary/aromatic N) is 1. The quantitative estimate of drug-likeness (QED) is 0.842. The lowest BCUT2D eigenvalue weighted by atomic mass is 10.1. The van der Waals surface area contributed by atoms with Gasteiger partial charge in [0.25, 0.3) is 0 Å². The summed E-state index contributed by atoms with van der Waals surface area (Å²) in [6.07, 6.45) is 0. The molecule has 0 fully saturated rings. The van der Waals surface area contributed by atoms with E-state index in [9.17, 15) is 4.79 Å². The number of rotatable bonds is 5. The van der Waals surface area contributed by atoms with Gasteiger partial charge in [0.1, 0.15) is 0 Å². The van der Waals surface area contributed by atoms with Crippen molar-refractivity contribution in [2.24, 2.45) is 0 Å². The van der Waals surface area contributed by atoms with Crippen molar-refractivity contribution < 1.29 is 4.79 Å². The van der Waals surface area contributed by atoms with Crippen LogP contribution in [0.1, 0.15) is 18.1 Å². The first-order valence-electron chi connectivity index (χ1n) is 7.39. The van der Waals surface area contributed by atoms with E-state index >= 15 is 0 Å². The molecule has 0 saturated carbocycles. The third-order valence-electron chi connectivity index (χ3n) is 3.91. The van der Waals surface area contributed by atoms with Crippen LogP contribution in [-0.4, -0.2) is 23.9 Å². The van der Waals surface area contributed by atoms with Crippen molar-refractivity contribution in [2.45, 2.75) is 26.4 Å². The normalized spacial score (nSPS) is 12.3. The summed E-state index contributed by atoms with van der Waals surface area (Å²) in [5.74, 6) is -0.0631. The summed E-state index contributed by atoms with van der Waals surface area (Å²) in [6, 6.07) is 12.8. The molecule has 0 aliphatic carbocycles. The number of nitrogens with one attached hydrogen (secondary N) is 1. The summed E-state index contributed by atoms with van der Waals surface area (Å²) < 4.78 is 0. The Bertz CT molecular complexity index is 686. The molecule has 0 aliphatic rings. The van der Waals surface area contributed by atoms with Crippen LogP contribution in [0.2, 0.25) is 10.0 Å². The third kappa shape index (κ3) is 4.71. The van der Waals surface area contributed by atoms with Crippen molar-refractivity contribution in [2.75, 3.05) is 12.4 Å². The molecule has 122 valence electrons. The van der Waals surface area contributed by atoms with Gasteiger partial charge in [0.15, 0.2) is 0 Å². The van der Waals surface area contributed by atoms with Crippen molar-refractivity contribution in [3.05, 3.63) is 63.6 Å². The van der Waals surface area contributed by atoms with Gasteiger partial charge in [0, 0.05) is 22.3 Å². The fourth-order valence-corrected chi connectivity index (χ4v) is 2.50. The van der Waals surface area contributed by atoms with Gasteiger partial charge >= 0.3 is 0 Å². The zero-order valence-electron chi connectivity index (χ0n) is 13.4. The zero-order chi connectivity index (χ0) is 17.0. The van der Waals surface area contributed by atoms with Gasteiger partial charge < -0.3 is 5.32 Å². The van der Waals surface area contributed by atoms with E-state index in [1.165, 1.54) is 0 Å². The van der Waals surface area contributed by atoms with Crippen LogP contribution in [0.5, 0.6) is 0 Å². The molecular formula is C18H20Cl2N2O. The second-order valence-electron chi connectivity index (χ2n) is 5.62. The second kappa shape index (κ2) is 7.82. The van der Waals surface area contributed by atoms with Crippen molar-refractivity contribution in [1.82, 2.24) is 4.90 Å². The van der Waals surface area contributed by atoms with E-state index in [-0.39, 0.29) is 11.9 Å². The number of anilines is 1. The van der Waals surface area contributed by atoms with Crippen LogP contribution in [0, 0.1) is 6.92 Å². The topological polar surface area (TPSA) is 32.3 Å². The molecule has 1 atom stereocenters. The Kier molecular flexibility index (Phi) is 6.05. The lowest BCUT2D eigenvalue weighted by molar-refractivity contribution is -0.120. The molecule has 0 aliphatic heterocycles. The predicted octanol–water partition coefficient (Wildman–Crippen LogP) is 4.76. The van der Waals surface area contributed by atoms with Gasteiger partial charge in [-0.15, -0.1) is 0 Å². The van der Waals surface area contributed by atoms with E-state index in [0.29, 0.717) is 16.6 Å². The van der Waals surface area contributed by atoms with E-state index in [4.69, 9.17) is 23.2 Å². The third-order valence-corrected chi connectivity index (χ3v) is 4.57. The maximum Gasteiger partial charge on any atom is 0.241 e. The van der Waals surface area contributed by atoms with Crippen LogP contribution in [-0.2, 0) is 11.3 Å². The SMILES string of the molecule is Cc1c(Cl)cccc1NC(=O)C(C)N(C)Cc1ccc(Cl)cc1. The smallest absolute Gasteiger partial charge is 0.241 e. The molecule has 0 saturated heterocycles. The van der Waals surface area contributed by atoms with Crippen LogP contribution in [0.15, 0.2) is 42.5 Å². The van der Waals surface area contributed by atoms with Gasteiger partial charge in [-0.1, -0.05) is 41.4 Å². The number of benzene rings is 2. The minimum Gasteiger partial charge on any atom is -0.324 e. The van der Waals surface area contributed by atoms with Crippen LogP contribution >= 0.6 is 23.2 Å². The molecule has 0 radical (unpaired) electrons. The lowest BCUT2D eigenvalue weighted by Crippen LogP contribution is -2.39. The molecule has 5 heteroatoms. The summed E-state index contributed by atoms with van der Waals surface area (Å²) in [4.78, 5) is 14.4. The van der Waals surface area contributed by atoms with E-state index in [0.717, 1.165) is 16.8 Å². The molecule has 0 heterocycles. The minimum atomic E-state index is -0.274. The van der Waals surface area contributed by atoms with Crippen LogP contribution in [0.3, 0.4) is 0 Å². The highest BCUT2D eigenvalue weighted by atomic mass is 35.5. The molecule has 1 N–H and O–H groups in total. The Morgan fingerprint density at radius 1 is 1.17 bits per heavy atom. The average molecular weight is 351 g/mol. The summed E-state index contributed by atoms with van der Waals surface area (Å²) in [5, 5.41) is 4.29. The first-order valence-corrected chi connectivity index (χ1v) is 8.14. The fourth-order valence-electron chi connectivity index (χ4n) is 2.19. The Morgan fingerprint density at radius 2 is 1.83 bits per heavy atom. The lowest BCUT2D eigenvalue weighted by Gasteiger charge is -2.24. The number of carbonyl (C=O) groups excluding carboxylic acids is 1. The summed E-state index contributed by atoms with van der Waals surface area (Å²) in [7, 11) is 1.92. The van der Waals surface area contributed by atoms with Gasteiger partial charge in [-0.05, 0) is 56.3 Å². The molecule has 0 aromatic heterocycles. The molecule has 2 aromatic rings. The van der Waals surface area contributed by atoms with Crippen molar-refractivity contribution in [3.8, 4) is 0 Å². The highest BCUT2D eigenvalue weighted by Crippen LogP contribution is 2.23. The Labute approximate surface area is 147 Å². The van der Waals surface area contributed by atoms with Gasteiger partial charge in [0.2, 0.25) is 5.91 Å². The number of carbonyl (C=O) groups is 1. The van der Waals surface area contributed by atoms with Gasteiger partial charge in [-0.2, -0.15) is 0 Å². The van der Waals surface area contributed by atoms with Crippen molar-refractivity contribution >= 4 is 34.8 Å². The molecule has 3 nitrogen and oxygen atoms in total. The molecule has 1 unspecified atom stereocenters. The summed E-state index contributed by atoms with van der Waals surface area (Å²) in [5.41, 5.74) is 2.72. The van der Waals surface area contributed by atoms with Gasteiger partial charge in [0.05, 0.1) is 6.04 Å². The number of hydrogen-bond donors (Lipinski definition) is 1. The first kappa shape index (κ1) is 17.8. The van der Waals surface area contributed by atoms with Gasteiger partial charge in [-0.3, -0.25) is 9.69 Å². The number of amides is 1. The monoisotopic (exact) mass is 350 g/mol. The highest BCUT2D eigenvalue weighted by Gasteiger charge is 2.19. The molecule has 0 bridgehead atoms. The average Bonchev–Trinajstić information content (AvgIpc) is 2.53. The van der Waals surface area contributed by atoms with E-state index < -0.39 is 0 Å². The summed E-state index contributed by atoms with van der Waals surface area (Å²) in [6.45, 7) is 4.44. The minimum absolute atomic E-state index is 0.0631. The molecule has 2 aromatic carbocycles. The number of halogens is 2. The number of likely N-dealkylation sites (N-methyl/N-ethyl adjacent to an activating group) is 1. The predicted molar refractivity (Wildman–Crippen MR) is 97.2 cm³/mol. The Hall–Kier alpha value is -1.55. The first-order chi connectivity index (χ1) is 10.9. The maximum absolute atomic E-state index is 12.4. The standard InChI is InChI=1S/C18H20Cl2N2O/c1-12-16(20)5-4-6-17(12)21-18(23)13(2)22(3)11-14-7-9-15(19)10-8-14/h4-10,13H,11H2,1-3H3,(H,21,23). The van der Waals surface area contributed by atoms with Crippen molar-refractivity contribution in [1.29, 1.82) is 0 Å². The number of hydrogen-bond acceptors (Lipinski definition) is 2. The van der Waals surface area contributed by atoms with Crippen molar-refractivity contribution in [3.63, 3.8) is 0 Å². The Morgan fingerprint density at radius 3 is 2.48 bits per heavy atom. The largest absolute Gasteiger partial charge is 0.324 e. The molecule has 23 heavy (non-hydrogen) atoms. The van der Waals surface area contributed by atoms with Crippen LogP contribution < -0.4 is 5.32 Å². The van der Waals surface area contributed by atoms with E-state index in [1.54, 1.807) is 0 Å². The molecule has 2 rings (SSSR count). The molecule has 0 spiro atoms. The zero-order valence-corrected chi connectivity index (χ0v) is 14.9. The summed E-state index contributed by atoms with van der Waals surface area (Å²) >= 11 is 12.0.